The molecule has 0 spiro atoms. The average molecular weight is 321 g/mol. The number of rotatable bonds is 7. The number of aliphatic hydroxyl groups excluding tert-OH is 1. The van der Waals surface area contributed by atoms with Gasteiger partial charge in [0.05, 0.1) is 16.8 Å². The molecule has 0 amide bonds. The molecular weight excluding hydrogens is 302 g/mol. The Morgan fingerprint density at radius 1 is 1.25 bits per heavy atom. The van der Waals surface area contributed by atoms with Crippen molar-refractivity contribution in [3.8, 4) is 0 Å². The molecule has 8 heteroatoms. The lowest BCUT2D eigenvalue weighted by molar-refractivity contribution is 0.173. The third kappa shape index (κ3) is 5.20. The fraction of sp³-hybridized carbons (Fsp3) is 0.500. The Kier molecular flexibility index (Phi) is 5.69. The summed E-state index contributed by atoms with van der Waals surface area (Å²) in [5, 5.41) is 9.71. The second-order valence-electron chi connectivity index (χ2n) is 4.52. The van der Waals surface area contributed by atoms with Crippen molar-refractivity contribution in [2.45, 2.75) is 24.3 Å². The van der Waals surface area contributed by atoms with E-state index < -0.39 is 26.0 Å². The fourth-order valence-corrected chi connectivity index (χ4v) is 3.26. The van der Waals surface area contributed by atoms with E-state index in [0.29, 0.717) is 12.0 Å². The summed E-state index contributed by atoms with van der Waals surface area (Å²) in [4.78, 5) is 0.0102. The topological polar surface area (TPSA) is 101 Å². The number of hydrogen-bond donors (Lipinski definition) is 2. The Balaban J connectivity index is 2.87. The third-order valence-electron chi connectivity index (χ3n) is 2.70. The summed E-state index contributed by atoms with van der Waals surface area (Å²) >= 11 is 0. The van der Waals surface area contributed by atoms with Gasteiger partial charge in [-0.1, -0.05) is 19.1 Å². The Bertz CT molecular complexity index is 652. The molecule has 0 heterocycles. The van der Waals surface area contributed by atoms with Crippen LogP contribution in [0.25, 0.3) is 0 Å². The molecule has 0 aliphatic rings. The van der Waals surface area contributed by atoms with Gasteiger partial charge in [0.2, 0.25) is 10.0 Å². The van der Waals surface area contributed by atoms with E-state index in [4.69, 9.17) is 0 Å². The number of aliphatic hydroxyl groups is 1. The fourth-order valence-electron chi connectivity index (χ4n) is 1.57. The maximum Gasteiger partial charge on any atom is 0.240 e. The van der Waals surface area contributed by atoms with E-state index >= 15 is 0 Å². The summed E-state index contributed by atoms with van der Waals surface area (Å²) in [6.07, 6.45) is 0.797. The van der Waals surface area contributed by atoms with Crippen LogP contribution in [0.15, 0.2) is 29.2 Å². The third-order valence-corrected chi connectivity index (χ3v) is 5.11. The summed E-state index contributed by atoms with van der Waals surface area (Å²) in [6, 6.07) is 5.97. The zero-order valence-corrected chi connectivity index (χ0v) is 13.0. The maximum absolute atomic E-state index is 12.0. The molecule has 0 aliphatic carbocycles. The van der Waals surface area contributed by atoms with Crippen molar-refractivity contribution in [1.82, 2.24) is 4.72 Å². The molecule has 1 aromatic rings. The van der Waals surface area contributed by atoms with Gasteiger partial charge in [-0.2, -0.15) is 0 Å². The van der Waals surface area contributed by atoms with E-state index in [0.717, 1.165) is 6.26 Å². The van der Waals surface area contributed by atoms with E-state index in [1.54, 1.807) is 19.1 Å². The zero-order valence-electron chi connectivity index (χ0n) is 11.4. The van der Waals surface area contributed by atoms with Crippen molar-refractivity contribution in [2.24, 2.45) is 0 Å². The first-order valence-electron chi connectivity index (χ1n) is 6.11. The number of benzene rings is 1. The molecule has 0 aliphatic heterocycles. The maximum atomic E-state index is 12.0. The minimum atomic E-state index is -3.77. The number of hydrogen-bond acceptors (Lipinski definition) is 5. The van der Waals surface area contributed by atoms with Crippen molar-refractivity contribution < 1.29 is 21.9 Å². The van der Waals surface area contributed by atoms with Gasteiger partial charge >= 0.3 is 0 Å². The van der Waals surface area contributed by atoms with Crippen LogP contribution in [0.1, 0.15) is 25.0 Å². The van der Waals surface area contributed by atoms with Gasteiger partial charge in [-0.25, -0.2) is 21.6 Å². The standard InChI is InChI=1S/C12H19NO5S2/c1-3-12(14)10-5-4-6-11(9-10)20(17,18)13-7-8-19(2,15)16/h4-6,9,12-14H,3,7-8H2,1-2H3. The lowest BCUT2D eigenvalue weighted by Crippen LogP contribution is -2.29. The van der Waals surface area contributed by atoms with Crippen LogP contribution >= 0.6 is 0 Å². The van der Waals surface area contributed by atoms with Gasteiger partial charge in [0.15, 0.2) is 0 Å². The smallest absolute Gasteiger partial charge is 0.240 e. The van der Waals surface area contributed by atoms with E-state index in [2.05, 4.69) is 4.72 Å². The van der Waals surface area contributed by atoms with Gasteiger partial charge in [0, 0.05) is 12.8 Å². The van der Waals surface area contributed by atoms with Crippen LogP contribution in [0.5, 0.6) is 0 Å². The lowest BCUT2D eigenvalue weighted by atomic mass is 10.1. The van der Waals surface area contributed by atoms with E-state index in [1.165, 1.54) is 12.1 Å². The van der Waals surface area contributed by atoms with Gasteiger partial charge in [0.25, 0.3) is 0 Å². The highest BCUT2D eigenvalue weighted by molar-refractivity contribution is 7.91. The molecule has 1 aromatic carbocycles. The largest absolute Gasteiger partial charge is 0.388 e. The molecule has 0 bridgehead atoms. The Hall–Kier alpha value is -0.960. The number of nitrogens with one attached hydrogen (secondary N) is 1. The molecule has 1 atom stereocenters. The summed E-state index contributed by atoms with van der Waals surface area (Å²) in [5.74, 6) is -0.260. The van der Waals surface area contributed by atoms with Crippen LogP contribution < -0.4 is 4.72 Å². The highest BCUT2D eigenvalue weighted by Crippen LogP contribution is 2.19. The minimum absolute atomic E-state index is 0.0102. The number of sulfonamides is 1. The van der Waals surface area contributed by atoms with Gasteiger partial charge in [0.1, 0.15) is 9.84 Å². The predicted octanol–water partition coefficient (Wildman–Crippen LogP) is 0.453. The van der Waals surface area contributed by atoms with Crippen LogP contribution in [0.3, 0.4) is 0 Å². The van der Waals surface area contributed by atoms with E-state index in [-0.39, 0.29) is 17.2 Å². The molecule has 0 fully saturated rings. The first-order chi connectivity index (χ1) is 9.15. The second kappa shape index (κ2) is 6.66. The predicted molar refractivity (Wildman–Crippen MR) is 76.6 cm³/mol. The van der Waals surface area contributed by atoms with Crippen molar-refractivity contribution in [1.29, 1.82) is 0 Å². The first kappa shape index (κ1) is 17.1. The van der Waals surface area contributed by atoms with Crippen LogP contribution in [0.4, 0.5) is 0 Å². The molecule has 20 heavy (non-hydrogen) atoms. The SMILES string of the molecule is CCC(O)c1cccc(S(=O)(=O)NCCS(C)(=O)=O)c1. The van der Waals surface area contributed by atoms with Gasteiger partial charge in [-0.05, 0) is 24.1 Å². The highest BCUT2D eigenvalue weighted by Gasteiger charge is 2.16. The number of sulfone groups is 1. The van der Waals surface area contributed by atoms with Gasteiger partial charge in [-0.15, -0.1) is 0 Å². The molecule has 0 saturated carbocycles. The van der Waals surface area contributed by atoms with E-state index in [9.17, 15) is 21.9 Å². The van der Waals surface area contributed by atoms with Crippen molar-refractivity contribution in [3.05, 3.63) is 29.8 Å². The molecular formula is C12H19NO5S2. The summed E-state index contributed by atoms with van der Waals surface area (Å²) < 4.78 is 48.2. The average Bonchev–Trinajstić information content (AvgIpc) is 2.36. The minimum Gasteiger partial charge on any atom is -0.388 e. The summed E-state index contributed by atoms with van der Waals surface area (Å²) in [5.41, 5.74) is 0.512. The Morgan fingerprint density at radius 2 is 1.90 bits per heavy atom. The lowest BCUT2D eigenvalue weighted by Gasteiger charge is -2.11. The van der Waals surface area contributed by atoms with Crippen LogP contribution in [0, 0.1) is 0 Å². The molecule has 2 N–H and O–H groups in total. The Labute approximate surface area is 119 Å². The van der Waals surface area contributed by atoms with Crippen LogP contribution in [-0.4, -0.2) is 40.5 Å². The quantitative estimate of drug-likeness (QED) is 0.759. The summed E-state index contributed by atoms with van der Waals surface area (Å²) in [6.45, 7) is 1.61. The monoisotopic (exact) mass is 321 g/mol. The molecule has 0 radical (unpaired) electrons. The molecule has 114 valence electrons. The van der Waals surface area contributed by atoms with Crippen LogP contribution in [0.2, 0.25) is 0 Å². The molecule has 0 saturated heterocycles. The van der Waals surface area contributed by atoms with Crippen LogP contribution in [-0.2, 0) is 19.9 Å². The van der Waals surface area contributed by atoms with Gasteiger partial charge in [-0.3, -0.25) is 0 Å². The normalized spacial score (nSPS) is 14.2. The van der Waals surface area contributed by atoms with E-state index in [1.807, 2.05) is 0 Å². The van der Waals surface area contributed by atoms with Crippen molar-refractivity contribution in [2.75, 3.05) is 18.6 Å². The molecule has 1 rings (SSSR count). The first-order valence-corrected chi connectivity index (χ1v) is 9.65. The Morgan fingerprint density at radius 3 is 2.45 bits per heavy atom. The van der Waals surface area contributed by atoms with Crippen molar-refractivity contribution >= 4 is 19.9 Å². The molecule has 0 aromatic heterocycles. The van der Waals surface area contributed by atoms with Gasteiger partial charge < -0.3 is 5.11 Å². The molecule has 6 nitrogen and oxygen atoms in total. The summed E-state index contributed by atoms with van der Waals surface area (Å²) in [7, 11) is -6.99. The highest BCUT2D eigenvalue weighted by atomic mass is 32.2. The second-order valence-corrected chi connectivity index (χ2v) is 8.55. The molecule has 1 unspecified atom stereocenters. The van der Waals surface area contributed by atoms with Crippen molar-refractivity contribution in [3.63, 3.8) is 0 Å². The zero-order chi connectivity index (χ0) is 15.4.